The highest BCUT2D eigenvalue weighted by molar-refractivity contribution is 8.00. The predicted octanol–water partition coefficient (Wildman–Crippen LogP) is 6.37. The first-order chi connectivity index (χ1) is 22.8. The Bertz CT molecular complexity index is 1920. The quantitative estimate of drug-likeness (QED) is 0.0631. The first-order valence-corrected chi connectivity index (χ1v) is 15.1. The normalized spacial score (nSPS) is 11.6. The Morgan fingerprint density at radius 2 is 1.45 bits per heavy atom. The van der Waals surface area contributed by atoms with Crippen LogP contribution in [-0.4, -0.2) is 38.9 Å². The summed E-state index contributed by atoms with van der Waals surface area (Å²) in [5, 5.41) is 26.7. The van der Waals surface area contributed by atoms with Gasteiger partial charge in [-0.1, -0.05) is 54.6 Å². The number of anilines is 2. The van der Waals surface area contributed by atoms with Gasteiger partial charge >= 0.3 is 5.97 Å². The molecule has 4 aromatic carbocycles. The van der Waals surface area contributed by atoms with E-state index < -0.39 is 34.7 Å². The molecule has 0 spiro atoms. The van der Waals surface area contributed by atoms with Crippen LogP contribution in [0.15, 0.2) is 138 Å². The minimum Gasteiger partial charge on any atom is -0.507 e. The lowest BCUT2D eigenvalue weighted by molar-refractivity contribution is -0.116. The summed E-state index contributed by atoms with van der Waals surface area (Å²) in [4.78, 5) is 55.9. The molecule has 0 radical (unpaired) electrons. The molecule has 0 bridgehead atoms. The van der Waals surface area contributed by atoms with E-state index in [-0.39, 0.29) is 16.9 Å². The van der Waals surface area contributed by atoms with Crippen molar-refractivity contribution >= 4 is 52.9 Å². The van der Waals surface area contributed by atoms with Crippen LogP contribution >= 0.6 is 11.8 Å². The van der Waals surface area contributed by atoms with Crippen molar-refractivity contribution in [1.29, 1.82) is 0 Å². The van der Waals surface area contributed by atoms with Gasteiger partial charge in [-0.3, -0.25) is 19.4 Å². The van der Waals surface area contributed by atoms with E-state index in [1.54, 1.807) is 79.1 Å². The Labute approximate surface area is 274 Å². The van der Waals surface area contributed by atoms with Gasteiger partial charge in [-0.25, -0.2) is 4.79 Å². The van der Waals surface area contributed by atoms with Gasteiger partial charge in [0.2, 0.25) is 5.91 Å². The Kier molecular flexibility index (Phi) is 10.4. The maximum Gasteiger partial charge on any atom is 0.339 e. The van der Waals surface area contributed by atoms with Crippen LogP contribution < -0.4 is 16.0 Å². The third-order valence-electron chi connectivity index (χ3n) is 6.73. The van der Waals surface area contributed by atoms with Gasteiger partial charge in [0, 0.05) is 34.2 Å². The second-order valence-corrected chi connectivity index (χ2v) is 11.3. The van der Waals surface area contributed by atoms with Crippen molar-refractivity contribution in [3.8, 4) is 5.75 Å². The van der Waals surface area contributed by atoms with Crippen LogP contribution in [0, 0.1) is 0 Å². The molecular formula is C36H28N4O6S. The topological polar surface area (TPSA) is 158 Å². The molecular weight excluding hydrogens is 616 g/mol. The van der Waals surface area contributed by atoms with E-state index in [1.807, 2.05) is 30.3 Å². The number of rotatable bonds is 11. The first kappa shape index (κ1) is 32.2. The maximum absolute atomic E-state index is 13.5. The van der Waals surface area contributed by atoms with E-state index in [0.29, 0.717) is 27.3 Å². The van der Waals surface area contributed by atoms with Crippen LogP contribution in [0.1, 0.15) is 37.1 Å². The smallest absolute Gasteiger partial charge is 0.339 e. The van der Waals surface area contributed by atoms with Gasteiger partial charge in [0.15, 0.2) is 0 Å². The highest BCUT2D eigenvalue weighted by Crippen LogP contribution is 2.37. The number of carboxylic acid groups (broad SMARTS) is 1. The standard InChI is InChI=1S/C36H28N4O6S/c41-31-18-15-27(21-29(31)36(45)46)39-35(44)32(24-9-3-1-4-10-24)47-28-16-13-26(14-17-28)38-34(43)30(20-23-8-7-19-37-22-23)40-33(42)25-11-5-2-6-12-25/h1-22,32,41H,(H,38,43)(H,39,44)(H,40,42)(H,45,46)/b30-20-. The number of pyridine rings is 1. The number of carboxylic acids is 1. The lowest BCUT2D eigenvalue weighted by Gasteiger charge is -2.18. The lowest BCUT2D eigenvalue weighted by atomic mass is 10.1. The lowest BCUT2D eigenvalue weighted by Crippen LogP contribution is -2.30. The number of nitrogens with zero attached hydrogens (tertiary/aromatic N) is 1. The zero-order chi connectivity index (χ0) is 33.2. The third-order valence-corrected chi connectivity index (χ3v) is 7.99. The van der Waals surface area contributed by atoms with Gasteiger partial charge in [0.05, 0.1) is 0 Å². The zero-order valence-electron chi connectivity index (χ0n) is 24.7. The summed E-state index contributed by atoms with van der Waals surface area (Å²) >= 11 is 1.26. The predicted molar refractivity (Wildman–Crippen MR) is 180 cm³/mol. The minimum absolute atomic E-state index is 0.0198. The van der Waals surface area contributed by atoms with Crippen LogP contribution in [0.2, 0.25) is 0 Å². The minimum atomic E-state index is -1.32. The number of thioether (sulfide) groups is 1. The van der Waals surface area contributed by atoms with Crippen molar-refractivity contribution in [3.05, 3.63) is 156 Å². The van der Waals surface area contributed by atoms with E-state index >= 15 is 0 Å². The van der Waals surface area contributed by atoms with Gasteiger partial charge in [-0.05, 0) is 77.9 Å². The van der Waals surface area contributed by atoms with Gasteiger partial charge in [0.25, 0.3) is 11.8 Å². The van der Waals surface area contributed by atoms with E-state index in [1.165, 1.54) is 36.0 Å². The van der Waals surface area contributed by atoms with Crippen molar-refractivity contribution in [2.75, 3.05) is 10.6 Å². The van der Waals surface area contributed by atoms with Gasteiger partial charge in [-0.15, -0.1) is 11.8 Å². The third kappa shape index (κ3) is 8.71. The summed E-state index contributed by atoms with van der Waals surface area (Å²) in [6, 6.07) is 31.8. The summed E-state index contributed by atoms with van der Waals surface area (Å²) in [6.45, 7) is 0. The molecule has 1 heterocycles. The molecule has 10 nitrogen and oxygen atoms in total. The maximum atomic E-state index is 13.5. The van der Waals surface area contributed by atoms with Crippen molar-refractivity contribution in [2.45, 2.75) is 10.1 Å². The number of aromatic carboxylic acids is 1. The average Bonchev–Trinajstić information content (AvgIpc) is 3.09. The number of phenols is 1. The first-order valence-electron chi connectivity index (χ1n) is 14.2. The number of hydrogen-bond donors (Lipinski definition) is 5. The second-order valence-electron chi connectivity index (χ2n) is 10.1. The molecule has 0 saturated carbocycles. The molecule has 11 heteroatoms. The molecule has 0 aliphatic carbocycles. The number of nitrogens with one attached hydrogen (secondary N) is 3. The number of benzene rings is 4. The monoisotopic (exact) mass is 644 g/mol. The fourth-order valence-corrected chi connectivity index (χ4v) is 5.44. The van der Waals surface area contributed by atoms with E-state index in [0.717, 1.165) is 0 Å². The Hall–Kier alpha value is -6.20. The molecule has 47 heavy (non-hydrogen) atoms. The molecule has 1 atom stereocenters. The van der Waals surface area contributed by atoms with Crippen molar-refractivity contribution in [2.24, 2.45) is 0 Å². The van der Waals surface area contributed by atoms with Gasteiger partial charge < -0.3 is 26.2 Å². The SMILES string of the molecule is O=C(Nc1ccc(SC(C(=O)Nc2ccc(O)c(C(=O)O)c2)c2ccccc2)cc1)/C(=C/c1cccnc1)NC(=O)c1ccccc1. The molecule has 1 unspecified atom stereocenters. The highest BCUT2D eigenvalue weighted by Gasteiger charge is 2.23. The number of carbonyl (C=O) groups excluding carboxylic acids is 3. The Balaban J connectivity index is 1.32. The Morgan fingerprint density at radius 3 is 2.11 bits per heavy atom. The molecule has 5 aromatic rings. The van der Waals surface area contributed by atoms with Crippen molar-refractivity contribution in [1.82, 2.24) is 10.3 Å². The molecule has 5 rings (SSSR count). The van der Waals surface area contributed by atoms with Gasteiger partial charge in [0.1, 0.15) is 22.3 Å². The molecule has 234 valence electrons. The molecule has 1 aromatic heterocycles. The molecule has 3 amide bonds. The molecule has 0 fully saturated rings. The summed E-state index contributed by atoms with van der Waals surface area (Å²) in [5.74, 6) is -3.12. The van der Waals surface area contributed by atoms with Crippen LogP contribution in [0.5, 0.6) is 5.75 Å². The number of aromatic hydroxyl groups is 1. The molecule has 0 saturated heterocycles. The van der Waals surface area contributed by atoms with Crippen LogP contribution in [0.3, 0.4) is 0 Å². The fourth-order valence-electron chi connectivity index (χ4n) is 4.42. The van der Waals surface area contributed by atoms with Crippen molar-refractivity contribution in [3.63, 3.8) is 0 Å². The largest absolute Gasteiger partial charge is 0.507 e. The molecule has 0 aliphatic heterocycles. The van der Waals surface area contributed by atoms with Crippen LogP contribution in [-0.2, 0) is 9.59 Å². The number of hydrogen-bond acceptors (Lipinski definition) is 7. The van der Waals surface area contributed by atoms with E-state index in [9.17, 15) is 29.4 Å². The van der Waals surface area contributed by atoms with Crippen LogP contribution in [0.25, 0.3) is 6.08 Å². The number of amides is 3. The zero-order valence-corrected chi connectivity index (χ0v) is 25.5. The molecule has 5 N–H and O–H groups in total. The van der Waals surface area contributed by atoms with E-state index in [4.69, 9.17) is 0 Å². The molecule has 0 aliphatic rings. The summed E-state index contributed by atoms with van der Waals surface area (Å²) in [5.41, 5.74) is 2.09. The summed E-state index contributed by atoms with van der Waals surface area (Å²) in [6.07, 6.45) is 4.71. The Morgan fingerprint density at radius 1 is 0.766 bits per heavy atom. The van der Waals surface area contributed by atoms with E-state index in [2.05, 4.69) is 20.9 Å². The fraction of sp³-hybridized carbons (Fsp3) is 0.0278. The summed E-state index contributed by atoms with van der Waals surface area (Å²) < 4.78 is 0. The van der Waals surface area contributed by atoms with Crippen molar-refractivity contribution < 1.29 is 29.4 Å². The van der Waals surface area contributed by atoms with Gasteiger partial charge in [-0.2, -0.15) is 0 Å². The summed E-state index contributed by atoms with van der Waals surface area (Å²) in [7, 11) is 0. The number of aromatic nitrogens is 1. The number of carbonyl (C=O) groups is 4. The average molecular weight is 645 g/mol. The van der Waals surface area contributed by atoms with Crippen LogP contribution in [0.4, 0.5) is 11.4 Å². The highest BCUT2D eigenvalue weighted by atomic mass is 32.2. The second kappa shape index (κ2) is 15.2.